The first kappa shape index (κ1) is 18.4. The summed E-state index contributed by atoms with van der Waals surface area (Å²) in [7, 11) is -2.79. The van der Waals surface area contributed by atoms with Crippen LogP contribution < -0.4 is 0 Å². The monoisotopic (exact) mass is 288 g/mol. The van der Waals surface area contributed by atoms with Crippen molar-refractivity contribution in [2.45, 2.75) is 91.5 Å². The lowest BCUT2D eigenvalue weighted by atomic mass is 9.68. The highest BCUT2D eigenvalue weighted by molar-refractivity contribution is 6.79. The zero-order valence-corrected chi connectivity index (χ0v) is 16.9. The van der Waals surface area contributed by atoms with Crippen LogP contribution in [0.5, 0.6) is 0 Å². The topological polar surface area (TPSA) is 9.23 Å². The number of rotatable bonds is 5. The molecule has 18 heavy (non-hydrogen) atoms. The fourth-order valence-corrected chi connectivity index (χ4v) is 6.55. The lowest BCUT2D eigenvalue weighted by Crippen LogP contribution is -2.58. The first-order valence-electron chi connectivity index (χ1n) is 7.16. The van der Waals surface area contributed by atoms with Gasteiger partial charge in [0.2, 0.25) is 0 Å². The van der Waals surface area contributed by atoms with E-state index in [-0.39, 0.29) is 11.0 Å². The molecule has 0 bridgehead atoms. The summed E-state index contributed by atoms with van der Waals surface area (Å²) in [6, 6.07) is 0. The molecule has 0 aliphatic carbocycles. The molecule has 0 heterocycles. The molecule has 0 atom stereocenters. The van der Waals surface area contributed by atoms with Crippen molar-refractivity contribution < 1.29 is 4.43 Å². The molecule has 0 fully saturated rings. The minimum atomic E-state index is -1.52. The van der Waals surface area contributed by atoms with Gasteiger partial charge in [-0.3, -0.25) is 0 Å². The quantitative estimate of drug-likeness (QED) is 0.584. The summed E-state index contributed by atoms with van der Waals surface area (Å²) in [5.74, 6) is 0. The fourth-order valence-electron chi connectivity index (χ4n) is 2.58. The van der Waals surface area contributed by atoms with Gasteiger partial charge in [0.1, 0.15) is 0 Å². The van der Waals surface area contributed by atoms with Gasteiger partial charge in [-0.2, -0.15) is 0 Å². The number of hydrogen-bond acceptors (Lipinski definition) is 1. The van der Waals surface area contributed by atoms with E-state index >= 15 is 0 Å². The van der Waals surface area contributed by atoms with E-state index in [9.17, 15) is 0 Å². The average Bonchev–Trinajstić information content (AvgIpc) is 1.95. The van der Waals surface area contributed by atoms with Crippen molar-refractivity contribution in [3.8, 4) is 0 Å². The van der Waals surface area contributed by atoms with Gasteiger partial charge in [0.15, 0.2) is 8.32 Å². The molecule has 0 N–H and O–H groups in total. The summed E-state index contributed by atoms with van der Waals surface area (Å²) in [6.07, 6.45) is 0. The minimum Gasteiger partial charge on any atom is -0.412 e. The van der Waals surface area contributed by atoms with Gasteiger partial charge in [0.05, 0.1) is 13.7 Å². The molecule has 0 unspecified atom stereocenters. The molecule has 0 spiro atoms. The second kappa shape index (κ2) is 4.74. The molecule has 0 aliphatic rings. The van der Waals surface area contributed by atoms with Crippen LogP contribution in [0, 0.1) is 5.41 Å². The Labute approximate surface area is 118 Å². The molecular formula is C15H36OSi2. The smallest absolute Gasteiger partial charge is 0.184 e. The highest BCUT2D eigenvalue weighted by Gasteiger charge is 2.55. The van der Waals surface area contributed by atoms with Crippen molar-refractivity contribution in [1.29, 1.82) is 0 Å². The summed E-state index contributed by atoms with van der Waals surface area (Å²) in [5, 5.41) is 0.323. The van der Waals surface area contributed by atoms with Gasteiger partial charge in [-0.1, -0.05) is 47.3 Å². The Kier molecular flexibility index (Phi) is 4.85. The van der Waals surface area contributed by atoms with Crippen molar-refractivity contribution >= 4 is 16.4 Å². The van der Waals surface area contributed by atoms with Gasteiger partial charge in [-0.15, -0.1) is 0 Å². The molecule has 0 saturated heterocycles. The normalized spacial score (nSPS) is 16.0. The van der Waals surface area contributed by atoms with Crippen LogP contribution >= 0.6 is 0 Å². The minimum absolute atomic E-state index is 0.0821. The predicted molar refractivity (Wildman–Crippen MR) is 89.7 cm³/mol. The zero-order valence-electron chi connectivity index (χ0n) is 14.9. The van der Waals surface area contributed by atoms with Crippen LogP contribution in [0.25, 0.3) is 0 Å². The van der Waals surface area contributed by atoms with Crippen LogP contribution in [0.3, 0.4) is 0 Å². The van der Waals surface area contributed by atoms with E-state index in [1.807, 2.05) is 0 Å². The highest BCUT2D eigenvalue weighted by Crippen LogP contribution is 2.58. The van der Waals surface area contributed by atoms with Crippen LogP contribution in [0.1, 0.15) is 41.5 Å². The molecule has 0 amide bonds. The highest BCUT2D eigenvalue weighted by atomic mass is 28.4. The maximum atomic E-state index is 6.53. The first-order valence-corrected chi connectivity index (χ1v) is 14.1. The van der Waals surface area contributed by atoms with Gasteiger partial charge in [0.25, 0.3) is 0 Å². The van der Waals surface area contributed by atoms with Crippen molar-refractivity contribution in [2.24, 2.45) is 5.41 Å². The predicted octanol–water partition coefficient (Wildman–Crippen LogP) is 5.76. The van der Waals surface area contributed by atoms with Crippen molar-refractivity contribution in [3.05, 3.63) is 0 Å². The van der Waals surface area contributed by atoms with Crippen molar-refractivity contribution in [2.75, 3.05) is 0 Å². The third-order valence-corrected chi connectivity index (χ3v) is 11.0. The Morgan fingerprint density at radius 1 is 0.667 bits per heavy atom. The summed E-state index contributed by atoms with van der Waals surface area (Å²) in [5.41, 5.74) is 0.0754. The Morgan fingerprint density at radius 3 is 1.22 bits per heavy atom. The molecule has 0 rings (SSSR count). The maximum Gasteiger partial charge on any atom is 0.184 e. The van der Waals surface area contributed by atoms with Gasteiger partial charge in [-0.05, 0) is 43.9 Å². The van der Waals surface area contributed by atoms with E-state index < -0.39 is 16.4 Å². The van der Waals surface area contributed by atoms with E-state index in [1.54, 1.807) is 0 Å². The van der Waals surface area contributed by atoms with Crippen LogP contribution in [0.2, 0.25) is 44.3 Å². The Hall–Kier alpha value is 0.394. The van der Waals surface area contributed by atoms with E-state index in [0.29, 0.717) is 5.04 Å². The van der Waals surface area contributed by atoms with Crippen molar-refractivity contribution in [1.82, 2.24) is 0 Å². The molecule has 0 aliphatic heterocycles. The molecule has 3 heteroatoms. The van der Waals surface area contributed by atoms with E-state index in [1.165, 1.54) is 0 Å². The van der Waals surface area contributed by atoms with E-state index in [4.69, 9.17) is 4.43 Å². The summed E-state index contributed by atoms with van der Waals surface area (Å²) >= 11 is 0. The van der Waals surface area contributed by atoms with Gasteiger partial charge >= 0.3 is 0 Å². The SMILES string of the molecule is CC(C)(O[Si](C)(C)C)C(C)(C)C(C)(C)[Si](C)(C)C. The van der Waals surface area contributed by atoms with Crippen molar-refractivity contribution in [3.63, 3.8) is 0 Å². The van der Waals surface area contributed by atoms with Crippen LogP contribution in [-0.2, 0) is 4.43 Å². The second-order valence-electron chi connectivity index (χ2n) is 9.22. The van der Waals surface area contributed by atoms with Gasteiger partial charge in [-0.25, -0.2) is 0 Å². The lowest BCUT2D eigenvalue weighted by molar-refractivity contribution is -0.0418. The van der Waals surface area contributed by atoms with Crippen LogP contribution in [-0.4, -0.2) is 22.0 Å². The molecule has 0 radical (unpaired) electrons. The molecule has 110 valence electrons. The largest absolute Gasteiger partial charge is 0.412 e. The molecule has 1 nitrogen and oxygen atoms in total. The zero-order chi connectivity index (χ0) is 15.2. The van der Waals surface area contributed by atoms with Gasteiger partial charge in [0, 0.05) is 0 Å². The van der Waals surface area contributed by atoms with E-state index in [0.717, 1.165) is 0 Å². The molecule has 0 aromatic carbocycles. The Morgan fingerprint density at radius 2 is 1.00 bits per heavy atom. The van der Waals surface area contributed by atoms with Gasteiger partial charge < -0.3 is 4.43 Å². The Balaban J connectivity index is 5.50. The molecule has 0 aromatic heterocycles. The van der Waals surface area contributed by atoms with E-state index in [2.05, 4.69) is 80.8 Å². The standard InChI is InChI=1S/C15H36OSi2/c1-13(2,15(5,6)17(7,8)9)14(3,4)16-18(10,11)12/h1-12H3. The third-order valence-electron chi connectivity index (χ3n) is 5.50. The summed E-state index contributed by atoms with van der Waals surface area (Å²) in [4.78, 5) is 0. The Bertz CT molecular complexity index is 291. The fraction of sp³-hybridized carbons (Fsp3) is 1.00. The first-order chi connectivity index (χ1) is 7.46. The average molecular weight is 289 g/mol. The third kappa shape index (κ3) is 3.48. The second-order valence-corrected chi connectivity index (χ2v) is 19.4. The lowest BCUT2D eigenvalue weighted by Gasteiger charge is -2.58. The summed E-state index contributed by atoms with van der Waals surface area (Å²) < 4.78 is 6.53. The maximum absolute atomic E-state index is 6.53. The van der Waals surface area contributed by atoms with Crippen LogP contribution in [0.4, 0.5) is 0 Å². The van der Waals surface area contributed by atoms with Crippen LogP contribution in [0.15, 0.2) is 0 Å². The molecular weight excluding hydrogens is 252 g/mol. The number of hydrogen-bond donors (Lipinski definition) is 0. The molecule has 0 saturated carbocycles. The molecule has 0 aromatic rings. The summed E-state index contributed by atoms with van der Waals surface area (Å²) in [6.45, 7) is 28.5.